The summed E-state index contributed by atoms with van der Waals surface area (Å²) in [5.74, 6) is 0.666. The Kier molecular flexibility index (Phi) is 8.83. The number of para-hydroxylation sites is 5. The predicted octanol–water partition coefficient (Wildman–Crippen LogP) is 16.4. The Morgan fingerprint density at radius 2 is 0.667 bits per heavy atom. The molecule has 0 aliphatic rings. The van der Waals surface area contributed by atoms with Crippen molar-refractivity contribution < 1.29 is 0 Å². The summed E-state index contributed by atoms with van der Waals surface area (Å²) in [5, 5.41) is 7.34. The van der Waals surface area contributed by atoms with E-state index in [-0.39, 0.29) is 0 Å². The van der Waals surface area contributed by atoms with Gasteiger partial charge < -0.3 is 13.7 Å². The first kappa shape index (κ1) is 38.9. The van der Waals surface area contributed by atoms with Crippen LogP contribution in [0.1, 0.15) is 0 Å². The van der Waals surface area contributed by atoms with Gasteiger partial charge in [0, 0.05) is 65.9 Å². The van der Waals surface area contributed by atoms with Gasteiger partial charge >= 0.3 is 0 Å². The van der Waals surface area contributed by atoms with E-state index in [4.69, 9.17) is 9.97 Å². The standard InChI is InChI=1S/C64H41N5/c1-3-18-42(19-4-1)55-41-56(43-20-5-2-6-21-43)66-64(65-55)45-34-36-62(53(39-45)44-22-17-23-46(38-44)67-57-29-12-7-24-48(57)49-25-8-13-30-58(49)67)69-61-33-16-11-28-52(61)54-40-47(35-37-63(54)69)68-59-31-14-9-26-50(59)51-27-10-15-32-60(51)68/h1-41H. The van der Waals surface area contributed by atoms with Gasteiger partial charge in [0.05, 0.1) is 50.2 Å². The first-order chi connectivity index (χ1) is 34.2. The van der Waals surface area contributed by atoms with E-state index in [1.807, 2.05) is 12.1 Å². The minimum atomic E-state index is 0.666. The quantitative estimate of drug-likeness (QED) is 0.160. The maximum atomic E-state index is 5.31. The van der Waals surface area contributed by atoms with Gasteiger partial charge in [-0.05, 0) is 90.5 Å². The smallest absolute Gasteiger partial charge is 0.160 e. The van der Waals surface area contributed by atoms with E-state index in [9.17, 15) is 0 Å². The van der Waals surface area contributed by atoms with Crippen LogP contribution in [0.2, 0.25) is 0 Å². The van der Waals surface area contributed by atoms with Crippen LogP contribution in [0.25, 0.3) is 128 Å². The summed E-state index contributed by atoms with van der Waals surface area (Å²) in [6, 6.07) is 89.3. The molecule has 0 saturated heterocycles. The number of aromatic nitrogens is 5. The molecule has 0 aliphatic carbocycles. The minimum Gasteiger partial charge on any atom is -0.309 e. The highest BCUT2D eigenvalue weighted by Gasteiger charge is 2.21. The first-order valence-electron chi connectivity index (χ1n) is 23.5. The van der Waals surface area contributed by atoms with Crippen molar-refractivity contribution in [3.05, 3.63) is 249 Å². The molecule has 14 aromatic rings. The molecule has 0 saturated carbocycles. The third kappa shape index (κ3) is 6.25. The van der Waals surface area contributed by atoms with Gasteiger partial charge in [-0.25, -0.2) is 9.97 Å². The molecule has 4 aromatic heterocycles. The van der Waals surface area contributed by atoms with Crippen LogP contribution in [-0.2, 0) is 0 Å². The van der Waals surface area contributed by atoms with Gasteiger partial charge in [-0.3, -0.25) is 0 Å². The lowest BCUT2D eigenvalue weighted by atomic mass is 9.99. The third-order valence-electron chi connectivity index (χ3n) is 13.9. The Labute approximate surface area is 398 Å². The molecule has 4 heterocycles. The van der Waals surface area contributed by atoms with Gasteiger partial charge in [0.2, 0.25) is 0 Å². The van der Waals surface area contributed by atoms with Crippen molar-refractivity contribution in [2.75, 3.05) is 0 Å². The normalized spacial score (nSPS) is 11.8. The molecule has 0 amide bonds. The van der Waals surface area contributed by atoms with E-state index in [0.717, 1.165) is 67.3 Å². The maximum Gasteiger partial charge on any atom is 0.160 e. The SMILES string of the molecule is c1ccc(-c2cc(-c3ccccc3)nc(-c3ccc(-n4c5ccccc5c5cc(-n6c7ccccc7c7ccccc76)ccc54)c(-c4cccc(-n5c6ccccc6c6ccccc65)c4)c3)n2)cc1. The van der Waals surface area contributed by atoms with Crippen LogP contribution in [0.4, 0.5) is 0 Å². The average molecular weight is 880 g/mol. The van der Waals surface area contributed by atoms with E-state index < -0.39 is 0 Å². The fraction of sp³-hybridized carbons (Fsp3) is 0. The Morgan fingerprint density at radius 3 is 1.19 bits per heavy atom. The molecule has 10 aromatic carbocycles. The zero-order chi connectivity index (χ0) is 45.4. The van der Waals surface area contributed by atoms with Crippen LogP contribution in [0.3, 0.4) is 0 Å². The number of fused-ring (bicyclic) bond motifs is 9. The van der Waals surface area contributed by atoms with Crippen LogP contribution in [-0.4, -0.2) is 23.7 Å². The molecule has 0 N–H and O–H groups in total. The van der Waals surface area contributed by atoms with Gasteiger partial charge in [0.15, 0.2) is 5.82 Å². The molecule has 14 rings (SSSR count). The fourth-order valence-electron chi connectivity index (χ4n) is 10.8. The maximum absolute atomic E-state index is 5.31. The summed E-state index contributed by atoms with van der Waals surface area (Å²) in [4.78, 5) is 10.6. The van der Waals surface area contributed by atoms with Crippen LogP contribution < -0.4 is 0 Å². The molecule has 0 unspecified atom stereocenters. The highest BCUT2D eigenvalue weighted by molar-refractivity contribution is 6.13. The van der Waals surface area contributed by atoms with E-state index >= 15 is 0 Å². The molecule has 0 fully saturated rings. The van der Waals surface area contributed by atoms with Crippen molar-refractivity contribution in [2.24, 2.45) is 0 Å². The summed E-state index contributed by atoms with van der Waals surface area (Å²) in [5.41, 5.74) is 17.2. The lowest BCUT2D eigenvalue weighted by molar-refractivity contribution is 1.15. The van der Waals surface area contributed by atoms with Crippen LogP contribution in [0.15, 0.2) is 249 Å². The zero-order valence-electron chi connectivity index (χ0n) is 37.4. The van der Waals surface area contributed by atoms with Crippen LogP contribution >= 0.6 is 0 Å². The summed E-state index contributed by atoms with van der Waals surface area (Å²) >= 11 is 0. The first-order valence-corrected chi connectivity index (χ1v) is 23.5. The van der Waals surface area contributed by atoms with Gasteiger partial charge in [-0.15, -0.1) is 0 Å². The van der Waals surface area contributed by atoms with Gasteiger partial charge in [-0.1, -0.05) is 164 Å². The average Bonchev–Trinajstić information content (AvgIpc) is 4.07. The molecule has 0 radical (unpaired) electrons. The van der Waals surface area contributed by atoms with E-state index in [1.54, 1.807) is 0 Å². The second-order valence-electron chi connectivity index (χ2n) is 17.8. The van der Waals surface area contributed by atoms with Crippen molar-refractivity contribution in [1.82, 2.24) is 23.7 Å². The lowest BCUT2D eigenvalue weighted by Crippen LogP contribution is -2.01. The van der Waals surface area contributed by atoms with Crippen molar-refractivity contribution in [2.45, 2.75) is 0 Å². The number of hydrogen-bond acceptors (Lipinski definition) is 2. The molecule has 0 aliphatic heterocycles. The van der Waals surface area contributed by atoms with Crippen LogP contribution in [0, 0.1) is 0 Å². The van der Waals surface area contributed by atoms with E-state index in [0.29, 0.717) is 5.82 Å². The molecular weight excluding hydrogens is 839 g/mol. The Bertz CT molecular complexity index is 4140. The Hall–Kier alpha value is -9.32. The highest BCUT2D eigenvalue weighted by atomic mass is 15.0. The highest BCUT2D eigenvalue weighted by Crippen LogP contribution is 2.42. The third-order valence-corrected chi connectivity index (χ3v) is 13.9. The summed E-state index contributed by atoms with van der Waals surface area (Å²) < 4.78 is 7.25. The summed E-state index contributed by atoms with van der Waals surface area (Å²) in [6.07, 6.45) is 0. The largest absolute Gasteiger partial charge is 0.309 e. The van der Waals surface area contributed by atoms with E-state index in [1.165, 1.54) is 54.4 Å². The number of hydrogen-bond donors (Lipinski definition) is 0. The Balaban J connectivity index is 1.02. The second-order valence-corrected chi connectivity index (χ2v) is 17.8. The van der Waals surface area contributed by atoms with Gasteiger partial charge in [0.1, 0.15) is 0 Å². The van der Waals surface area contributed by atoms with Crippen molar-refractivity contribution >= 4 is 65.4 Å². The molecule has 0 bridgehead atoms. The minimum absolute atomic E-state index is 0.666. The topological polar surface area (TPSA) is 40.6 Å². The molecular formula is C64H41N5. The fourth-order valence-corrected chi connectivity index (χ4v) is 10.8. The van der Waals surface area contributed by atoms with Crippen molar-refractivity contribution in [3.63, 3.8) is 0 Å². The molecule has 0 spiro atoms. The summed E-state index contributed by atoms with van der Waals surface area (Å²) in [6.45, 7) is 0. The van der Waals surface area contributed by atoms with Gasteiger partial charge in [-0.2, -0.15) is 0 Å². The zero-order valence-corrected chi connectivity index (χ0v) is 37.4. The number of rotatable bonds is 7. The molecule has 322 valence electrons. The lowest BCUT2D eigenvalue weighted by Gasteiger charge is -2.18. The number of nitrogens with zero attached hydrogens (tertiary/aromatic N) is 5. The van der Waals surface area contributed by atoms with E-state index in [2.05, 4.69) is 250 Å². The van der Waals surface area contributed by atoms with Crippen molar-refractivity contribution in [1.29, 1.82) is 0 Å². The molecule has 5 nitrogen and oxygen atoms in total. The summed E-state index contributed by atoms with van der Waals surface area (Å²) in [7, 11) is 0. The van der Waals surface area contributed by atoms with Gasteiger partial charge in [0.25, 0.3) is 0 Å². The molecule has 0 atom stereocenters. The Morgan fingerprint density at radius 1 is 0.246 bits per heavy atom. The second kappa shape index (κ2) is 15.7. The predicted molar refractivity (Wildman–Crippen MR) is 287 cm³/mol. The monoisotopic (exact) mass is 879 g/mol. The number of benzene rings is 10. The molecule has 69 heavy (non-hydrogen) atoms. The van der Waals surface area contributed by atoms with Crippen LogP contribution in [0.5, 0.6) is 0 Å². The van der Waals surface area contributed by atoms with Crippen molar-refractivity contribution in [3.8, 4) is 62.1 Å². The molecule has 5 heteroatoms.